The zero-order valence-corrected chi connectivity index (χ0v) is 12.7. The van der Waals surface area contributed by atoms with E-state index in [2.05, 4.69) is 5.32 Å². The quantitative estimate of drug-likeness (QED) is 0.489. The number of rotatable bonds is 6. The van der Waals surface area contributed by atoms with Crippen molar-refractivity contribution in [2.75, 3.05) is 6.54 Å². The lowest BCUT2D eigenvalue weighted by atomic mass is 10.0. The smallest absolute Gasteiger partial charge is 0.270 e. The van der Waals surface area contributed by atoms with Gasteiger partial charge in [0.25, 0.3) is 5.92 Å². The van der Waals surface area contributed by atoms with E-state index in [1.807, 2.05) is 18.5 Å². The Kier molecular flexibility index (Phi) is 5.34. The fourth-order valence-corrected chi connectivity index (χ4v) is 1.92. The lowest BCUT2D eigenvalue weighted by Crippen LogP contribution is -2.16. The number of alkyl halides is 3. The summed E-state index contributed by atoms with van der Waals surface area (Å²) < 4.78 is 40.6. The van der Waals surface area contributed by atoms with Crippen molar-refractivity contribution in [3.63, 3.8) is 0 Å². The number of carbonyl (C=O) groups is 1. The van der Waals surface area contributed by atoms with Crippen molar-refractivity contribution in [2.45, 2.75) is 24.4 Å². The molecule has 7 heteroatoms. The highest BCUT2D eigenvalue weighted by molar-refractivity contribution is 7.38. The minimum atomic E-state index is -3.04. The summed E-state index contributed by atoms with van der Waals surface area (Å²) in [7, 11) is 3.91. The average molecular weight is 309 g/mol. The molecule has 0 fully saturated rings. The van der Waals surface area contributed by atoms with E-state index in [1.165, 1.54) is 12.1 Å². The zero-order chi connectivity index (χ0) is 14.7. The Morgan fingerprint density at radius 1 is 1.21 bits per heavy atom. The highest BCUT2D eigenvalue weighted by atomic mass is 31.1. The Balaban J connectivity index is 3.13. The van der Waals surface area contributed by atoms with E-state index in [0.717, 1.165) is 13.0 Å². The molecule has 0 aliphatic rings. The van der Waals surface area contributed by atoms with Crippen molar-refractivity contribution in [1.29, 1.82) is 0 Å². The predicted molar refractivity (Wildman–Crippen MR) is 76.0 cm³/mol. The Morgan fingerprint density at radius 2 is 1.79 bits per heavy atom. The first-order chi connectivity index (χ1) is 8.64. The molecule has 0 radical (unpaired) electrons. The van der Waals surface area contributed by atoms with Crippen molar-refractivity contribution in [3.05, 3.63) is 34.9 Å². The number of hydrogen-bond donors (Lipinski definition) is 1. The van der Waals surface area contributed by atoms with Crippen molar-refractivity contribution < 1.29 is 18.0 Å². The van der Waals surface area contributed by atoms with Crippen LogP contribution in [0.3, 0.4) is 0 Å². The van der Waals surface area contributed by atoms with Gasteiger partial charge in [-0.2, -0.15) is 0 Å². The maximum atomic E-state index is 13.9. The highest BCUT2D eigenvalue weighted by Crippen LogP contribution is 2.42. The van der Waals surface area contributed by atoms with E-state index in [-0.39, 0.29) is 11.1 Å². The van der Waals surface area contributed by atoms with Gasteiger partial charge in [-0.05, 0) is 29.7 Å². The zero-order valence-electron chi connectivity index (χ0n) is 10.4. The first kappa shape index (κ1) is 16.4. The molecule has 0 saturated carbocycles. The molecule has 2 atom stereocenters. The molecule has 0 spiro atoms. The molecule has 1 aromatic rings. The molecule has 19 heavy (non-hydrogen) atoms. The van der Waals surface area contributed by atoms with Crippen LogP contribution in [0, 0.1) is 0 Å². The minimum absolute atomic E-state index is 0.141. The van der Waals surface area contributed by atoms with E-state index >= 15 is 0 Å². The maximum absolute atomic E-state index is 13.9. The molecule has 2 unspecified atom stereocenters. The third-order valence-electron chi connectivity index (χ3n) is 2.58. The standard InChI is InChI=1S/C12H16F3NOP2/c1-11(13,14)9-4-8(2-3-16-7-17)5-10(6-9)12(15,18)19/h4-7H,2-3,18-19H2,1H3,(H,16,17). The van der Waals surface area contributed by atoms with E-state index in [1.54, 1.807) is 0 Å². The monoisotopic (exact) mass is 309 g/mol. The van der Waals surface area contributed by atoms with Crippen LogP contribution in [0.5, 0.6) is 0 Å². The van der Waals surface area contributed by atoms with Gasteiger partial charge in [-0.1, -0.05) is 24.5 Å². The van der Waals surface area contributed by atoms with Gasteiger partial charge in [0.05, 0.1) is 0 Å². The summed E-state index contributed by atoms with van der Waals surface area (Å²) >= 11 is 0. The van der Waals surface area contributed by atoms with E-state index in [4.69, 9.17) is 0 Å². The van der Waals surface area contributed by atoms with Crippen LogP contribution in [0.15, 0.2) is 18.2 Å². The summed E-state index contributed by atoms with van der Waals surface area (Å²) in [5.74, 6) is -3.04. The summed E-state index contributed by atoms with van der Waals surface area (Å²) in [5, 5.41) is 0.588. The first-order valence-corrected chi connectivity index (χ1v) is 6.76. The van der Waals surface area contributed by atoms with Gasteiger partial charge in [0.2, 0.25) is 6.41 Å². The fraction of sp³-hybridized carbons (Fsp3) is 0.417. The lowest BCUT2D eigenvalue weighted by Gasteiger charge is -2.20. The van der Waals surface area contributed by atoms with Crippen LogP contribution < -0.4 is 5.32 Å². The summed E-state index contributed by atoms with van der Waals surface area (Å²) in [4.78, 5) is 10.1. The summed E-state index contributed by atoms with van der Waals surface area (Å²) in [6, 6.07) is 4.00. The highest BCUT2D eigenvalue weighted by Gasteiger charge is 2.28. The molecule has 2 nitrogen and oxygen atoms in total. The lowest BCUT2D eigenvalue weighted by molar-refractivity contribution is -0.109. The number of nitrogens with one attached hydrogen (secondary N) is 1. The molecule has 0 heterocycles. The van der Waals surface area contributed by atoms with Gasteiger partial charge in [0.15, 0.2) is 5.15 Å². The van der Waals surface area contributed by atoms with Gasteiger partial charge in [-0.15, -0.1) is 0 Å². The first-order valence-electron chi connectivity index (χ1n) is 5.61. The van der Waals surface area contributed by atoms with E-state index < -0.39 is 11.1 Å². The van der Waals surface area contributed by atoms with Crippen molar-refractivity contribution in [3.8, 4) is 0 Å². The molecule has 1 aromatic carbocycles. The second-order valence-electron chi connectivity index (χ2n) is 4.40. The SMILES string of the molecule is CC(F)(F)c1cc(CCNC=O)cc(C(F)(P)P)c1. The Hall–Kier alpha value is -0.660. The predicted octanol–water partition coefficient (Wildman–Crippen LogP) is 2.92. The van der Waals surface area contributed by atoms with E-state index in [9.17, 15) is 18.0 Å². The number of halogens is 3. The normalized spacial score (nSPS) is 12.3. The fourth-order valence-electron chi connectivity index (χ4n) is 1.59. The second kappa shape index (κ2) is 6.19. The summed E-state index contributed by atoms with van der Waals surface area (Å²) in [6.07, 6.45) is 0.894. The molecule has 0 aromatic heterocycles. The van der Waals surface area contributed by atoms with E-state index in [0.29, 0.717) is 24.9 Å². The second-order valence-corrected chi connectivity index (χ2v) is 6.74. The maximum Gasteiger partial charge on any atom is 0.270 e. The van der Waals surface area contributed by atoms with Crippen LogP contribution >= 0.6 is 18.5 Å². The topological polar surface area (TPSA) is 29.1 Å². The van der Waals surface area contributed by atoms with Crippen molar-refractivity contribution >= 4 is 24.9 Å². The van der Waals surface area contributed by atoms with Gasteiger partial charge in [-0.3, -0.25) is 4.79 Å². The Labute approximate surface area is 114 Å². The number of carbonyl (C=O) groups excluding carboxylic acids is 1. The Bertz CT molecular complexity index is 423. The third-order valence-corrected chi connectivity index (χ3v) is 3.25. The average Bonchev–Trinajstić information content (AvgIpc) is 2.27. The molecule has 0 saturated heterocycles. The van der Waals surface area contributed by atoms with Gasteiger partial charge < -0.3 is 5.32 Å². The van der Waals surface area contributed by atoms with Crippen LogP contribution in [0.2, 0.25) is 0 Å². The van der Waals surface area contributed by atoms with Gasteiger partial charge in [0.1, 0.15) is 0 Å². The van der Waals surface area contributed by atoms with Gasteiger partial charge >= 0.3 is 0 Å². The molecule has 106 valence electrons. The number of benzene rings is 1. The third kappa shape index (κ3) is 5.08. The van der Waals surface area contributed by atoms with Crippen LogP contribution in [0.1, 0.15) is 23.6 Å². The molecule has 1 rings (SSSR count). The van der Waals surface area contributed by atoms with Crippen LogP contribution in [0.4, 0.5) is 13.2 Å². The molecular weight excluding hydrogens is 293 g/mol. The summed E-state index contributed by atoms with van der Waals surface area (Å²) in [5.41, 5.74) is 0.455. The number of hydrogen-bond acceptors (Lipinski definition) is 1. The van der Waals surface area contributed by atoms with Crippen LogP contribution in [-0.2, 0) is 22.3 Å². The Morgan fingerprint density at radius 3 is 2.26 bits per heavy atom. The van der Waals surface area contributed by atoms with Crippen molar-refractivity contribution in [1.82, 2.24) is 5.32 Å². The van der Waals surface area contributed by atoms with Gasteiger partial charge in [0, 0.05) is 19.0 Å². The van der Waals surface area contributed by atoms with Crippen molar-refractivity contribution in [2.24, 2.45) is 0 Å². The number of amides is 1. The molecule has 0 aliphatic carbocycles. The molecule has 0 aliphatic heterocycles. The van der Waals surface area contributed by atoms with Crippen LogP contribution in [-0.4, -0.2) is 13.0 Å². The molecular formula is C12H16F3NOP2. The summed E-state index contributed by atoms with van der Waals surface area (Å²) in [6.45, 7) is 1.08. The molecule has 1 N–H and O–H groups in total. The molecule has 0 bridgehead atoms. The largest absolute Gasteiger partial charge is 0.358 e. The molecule has 1 amide bonds. The minimum Gasteiger partial charge on any atom is -0.358 e. The van der Waals surface area contributed by atoms with Crippen LogP contribution in [0.25, 0.3) is 0 Å². The van der Waals surface area contributed by atoms with Gasteiger partial charge in [-0.25, -0.2) is 13.2 Å².